The minimum absolute atomic E-state index is 0.244. The Morgan fingerprint density at radius 1 is 1.21 bits per heavy atom. The van der Waals surface area contributed by atoms with Crippen molar-refractivity contribution in [3.8, 4) is 11.3 Å². The van der Waals surface area contributed by atoms with Crippen LogP contribution in [0.25, 0.3) is 17.0 Å². The van der Waals surface area contributed by atoms with Gasteiger partial charge in [0, 0.05) is 29.4 Å². The number of nitrogens with one attached hydrogen (secondary N) is 1. The molecule has 7 heteroatoms. The number of aryl methyl sites for hydroxylation is 1. The van der Waals surface area contributed by atoms with E-state index in [1.54, 1.807) is 12.5 Å². The summed E-state index contributed by atoms with van der Waals surface area (Å²) in [6.45, 7) is 0.444. The summed E-state index contributed by atoms with van der Waals surface area (Å²) >= 11 is 0. The van der Waals surface area contributed by atoms with Crippen LogP contribution in [-0.4, -0.2) is 27.6 Å². The maximum Gasteiger partial charge on any atom is 0.337 e. The number of allylic oxidation sites excluding steroid dienone is 4. The molecular weight excluding hydrogens is 418 g/mol. The lowest BCUT2D eigenvalue weighted by molar-refractivity contribution is 0.0694. The fraction of sp³-hybridized carbons (Fsp3) is 0.308. The molecule has 1 saturated carbocycles. The predicted molar refractivity (Wildman–Crippen MR) is 123 cm³/mol. The molecule has 7 nitrogen and oxygen atoms in total. The minimum atomic E-state index is -0.892. The molecular formula is C26H25N3O4. The van der Waals surface area contributed by atoms with E-state index in [2.05, 4.69) is 16.0 Å². The van der Waals surface area contributed by atoms with Crippen molar-refractivity contribution in [1.29, 1.82) is 0 Å². The molecule has 0 amide bonds. The summed E-state index contributed by atoms with van der Waals surface area (Å²) < 4.78 is 11.7. The average molecular weight is 444 g/mol. The lowest BCUT2D eigenvalue weighted by Crippen LogP contribution is -2.23. The minimum Gasteiger partial charge on any atom is -0.478 e. The van der Waals surface area contributed by atoms with Crippen molar-refractivity contribution < 1.29 is 19.4 Å². The second kappa shape index (κ2) is 7.49. The Morgan fingerprint density at radius 3 is 2.79 bits per heavy atom. The molecule has 1 fully saturated rings. The molecule has 168 valence electrons. The molecule has 0 aromatic carbocycles. The quantitative estimate of drug-likeness (QED) is 0.635. The zero-order valence-corrected chi connectivity index (χ0v) is 18.2. The van der Waals surface area contributed by atoms with Gasteiger partial charge in [-0.1, -0.05) is 18.2 Å². The van der Waals surface area contributed by atoms with Gasteiger partial charge in [0.05, 0.1) is 11.3 Å². The number of carbonyl (C=O) groups is 1. The number of carboxylic acids is 1. The van der Waals surface area contributed by atoms with Crippen LogP contribution in [0.15, 0.2) is 54.3 Å². The second-order valence-electron chi connectivity index (χ2n) is 9.11. The predicted octanol–water partition coefficient (Wildman–Crippen LogP) is 4.33. The van der Waals surface area contributed by atoms with Crippen molar-refractivity contribution in [2.45, 2.75) is 43.9 Å². The number of nitrogens with zero attached hydrogens (tertiary/aromatic N) is 1. The Balaban J connectivity index is 1.38. The van der Waals surface area contributed by atoms with Crippen LogP contribution in [0.5, 0.6) is 0 Å². The van der Waals surface area contributed by atoms with Crippen LogP contribution in [0, 0.1) is 0 Å². The van der Waals surface area contributed by atoms with E-state index in [4.69, 9.17) is 15.2 Å². The van der Waals surface area contributed by atoms with Crippen molar-refractivity contribution in [2.75, 3.05) is 6.54 Å². The Bertz CT molecular complexity index is 1290. The van der Waals surface area contributed by atoms with Crippen LogP contribution in [-0.2, 0) is 27.7 Å². The lowest BCUT2D eigenvalue weighted by atomic mass is 9.88. The summed E-state index contributed by atoms with van der Waals surface area (Å²) in [6.07, 6.45) is 16.3. The molecule has 33 heavy (non-hydrogen) atoms. The number of H-pyrrole nitrogens is 1. The molecule has 3 aliphatic carbocycles. The van der Waals surface area contributed by atoms with Gasteiger partial charge in [-0.25, -0.2) is 4.79 Å². The zero-order chi connectivity index (χ0) is 22.6. The van der Waals surface area contributed by atoms with E-state index in [-0.39, 0.29) is 5.41 Å². The third-order valence-electron chi connectivity index (χ3n) is 7.15. The normalized spacial score (nSPS) is 19.8. The van der Waals surface area contributed by atoms with Crippen molar-refractivity contribution >= 4 is 11.7 Å². The number of nitrogens with two attached hydrogens (primary N) is 1. The number of aromatic nitrogens is 2. The van der Waals surface area contributed by atoms with Crippen LogP contribution in [0.2, 0.25) is 0 Å². The highest BCUT2D eigenvalue weighted by Crippen LogP contribution is 2.51. The summed E-state index contributed by atoms with van der Waals surface area (Å²) in [5.41, 5.74) is 12.5. The van der Waals surface area contributed by atoms with E-state index < -0.39 is 5.97 Å². The molecule has 3 heterocycles. The van der Waals surface area contributed by atoms with Gasteiger partial charge in [0.15, 0.2) is 11.5 Å². The van der Waals surface area contributed by atoms with E-state index in [1.807, 2.05) is 24.4 Å². The number of hydrogen-bond acceptors (Lipinski definition) is 5. The number of aromatic amines is 1. The first-order chi connectivity index (χ1) is 16.1. The number of pyridine rings is 1. The second-order valence-corrected chi connectivity index (χ2v) is 9.11. The van der Waals surface area contributed by atoms with Crippen LogP contribution >= 0.6 is 0 Å². The molecule has 0 atom stereocenters. The number of rotatable bonds is 5. The number of fused-ring (bicyclic) bond motifs is 3. The Morgan fingerprint density at radius 2 is 2.06 bits per heavy atom. The fourth-order valence-corrected chi connectivity index (χ4v) is 5.06. The van der Waals surface area contributed by atoms with Gasteiger partial charge in [-0.15, -0.1) is 0 Å². The largest absolute Gasteiger partial charge is 0.478 e. The van der Waals surface area contributed by atoms with Gasteiger partial charge < -0.3 is 25.3 Å². The smallest absolute Gasteiger partial charge is 0.337 e. The average Bonchev–Trinajstić information content (AvgIpc) is 3.56. The highest BCUT2D eigenvalue weighted by Gasteiger charge is 2.48. The molecule has 6 rings (SSSR count). The first kappa shape index (κ1) is 20.1. The highest BCUT2D eigenvalue weighted by atomic mass is 16.5. The van der Waals surface area contributed by atoms with E-state index in [1.165, 1.54) is 0 Å². The van der Waals surface area contributed by atoms with Gasteiger partial charge in [0.25, 0.3) is 0 Å². The van der Waals surface area contributed by atoms with Crippen molar-refractivity contribution in [1.82, 2.24) is 9.97 Å². The van der Waals surface area contributed by atoms with Crippen molar-refractivity contribution in [3.05, 3.63) is 82.4 Å². The molecule has 4 N–H and O–H groups in total. The summed E-state index contributed by atoms with van der Waals surface area (Å²) in [7, 11) is 0. The van der Waals surface area contributed by atoms with E-state index in [0.717, 1.165) is 65.8 Å². The van der Waals surface area contributed by atoms with Crippen molar-refractivity contribution in [3.63, 3.8) is 0 Å². The van der Waals surface area contributed by atoms with Crippen LogP contribution in [0.3, 0.4) is 0 Å². The van der Waals surface area contributed by atoms with Gasteiger partial charge in [0.2, 0.25) is 0 Å². The van der Waals surface area contributed by atoms with E-state index >= 15 is 0 Å². The maximum absolute atomic E-state index is 12.2. The fourth-order valence-electron chi connectivity index (χ4n) is 5.06. The summed E-state index contributed by atoms with van der Waals surface area (Å²) in [5.74, 6) is 0.325. The lowest BCUT2D eigenvalue weighted by Gasteiger charge is -2.21. The van der Waals surface area contributed by atoms with Crippen LogP contribution < -0.4 is 5.73 Å². The van der Waals surface area contributed by atoms with Gasteiger partial charge in [0.1, 0.15) is 18.2 Å². The molecule has 0 saturated heterocycles. The number of ether oxygens (including phenoxy) is 2. The molecule has 0 unspecified atom stereocenters. The Hall–Kier alpha value is -3.58. The van der Waals surface area contributed by atoms with E-state index in [9.17, 15) is 9.90 Å². The topological polar surface area (TPSA) is 110 Å². The molecule has 0 radical (unpaired) electrons. The summed E-state index contributed by atoms with van der Waals surface area (Å²) in [6, 6.07) is 1.97. The van der Waals surface area contributed by atoms with Gasteiger partial charge in [-0.05, 0) is 61.3 Å². The zero-order valence-electron chi connectivity index (χ0n) is 18.2. The highest BCUT2D eigenvalue weighted by molar-refractivity contribution is 5.95. The molecule has 4 aliphatic rings. The maximum atomic E-state index is 12.2. The Labute approximate surface area is 191 Å². The molecule has 0 bridgehead atoms. The SMILES string of the molecule is NCC1(c2[nH]c3c(c2C(=O)O)CCc2cnc(C4=COC=C(C5=CC=CCC5)O4)cc2-3)CC1. The molecule has 2 aromatic heterocycles. The number of hydrogen-bond donors (Lipinski definition) is 3. The first-order valence-electron chi connectivity index (χ1n) is 11.4. The third kappa shape index (κ3) is 3.23. The third-order valence-corrected chi connectivity index (χ3v) is 7.15. The monoisotopic (exact) mass is 443 g/mol. The van der Waals surface area contributed by atoms with Crippen molar-refractivity contribution in [2.24, 2.45) is 5.73 Å². The van der Waals surface area contributed by atoms with Gasteiger partial charge >= 0.3 is 5.97 Å². The molecule has 2 aromatic rings. The summed E-state index contributed by atoms with van der Waals surface area (Å²) in [5, 5.41) is 10.0. The first-order valence-corrected chi connectivity index (χ1v) is 11.4. The van der Waals surface area contributed by atoms with Crippen LogP contribution in [0.1, 0.15) is 58.6 Å². The number of carboxylic acid groups (broad SMARTS) is 1. The molecule has 1 aliphatic heterocycles. The number of aromatic carboxylic acids is 1. The standard InChI is InChI=1S/C26H25N3O4/c27-14-26(8-9-26)24-22(25(30)31)17-7-6-16-11-28-19(10-18(16)23(17)29-24)21-13-32-12-20(33-21)15-4-2-1-3-5-15/h1-2,4,10-13,29H,3,5-9,14,27H2,(H,30,31). The van der Waals surface area contributed by atoms with Crippen LogP contribution in [0.4, 0.5) is 0 Å². The van der Waals surface area contributed by atoms with Gasteiger partial charge in [-0.3, -0.25) is 4.98 Å². The van der Waals surface area contributed by atoms with Gasteiger partial charge in [-0.2, -0.15) is 0 Å². The Kier molecular flexibility index (Phi) is 4.55. The molecule has 0 spiro atoms. The van der Waals surface area contributed by atoms with E-state index in [0.29, 0.717) is 35.7 Å². The summed E-state index contributed by atoms with van der Waals surface area (Å²) in [4.78, 5) is 20.3.